The van der Waals surface area contributed by atoms with Crippen molar-refractivity contribution in [1.82, 2.24) is 0 Å². The van der Waals surface area contributed by atoms with Crippen LogP contribution in [0.15, 0.2) is 11.6 Å². The molecular weight excluding hydrogens is 889 g/mol. The molecule has 0 aromatic carbocycles. The number of allylic oxidation sites excluding steroid dienone is 2. The highest BCUT2D eigenvalue weighted by Gasteiger charge is 2.70. The van der Waals surface area contributed by atoms with E-state index in [-0.39, 0.29) is 52.6 Å². The zero-order chi connectivity index (χ0) is 49.7. The highest BCUT2D eigenvalue weighted by molar-refractivity contribution is 5.76. The molecule has 0 radical (unpaired) electrons. The quantitative estimate of drug-likeness (QED) is 0.0942. The normalized spacial score (nSPS) is 51.1. The van der Waals surface area contributed by atoms with Gasteiger partial charge in [-0.15, -0.1) is 0 Å². The molecule has 22 unspecified atom stereocenters. The van der Waals surface area contributed by atoms with Gasteiger partial charge in [0.1, 0.15) is 42.7 Å². The minimum atomic E-state index is -1.80. The summed E-state index contributed by atoms with van der Waals surface area (Å²) in [7, 11) is 0. The van der Waals surface area contributed by atoms with Crippen molar-refractivity contribution < 1.29 is 88.0 Å². The molecule has 0 spiro atoms. The number of carbonyl (C=O) groups is 3. The first-order chi connectivity index (χ1) is 31.8. The third-order valence-electron chi connectivity index (χ3n) is 19.2. The number of carboxylic acid groups (broad SMARTS) is 1. The summed E-state index contributed by atoms with van der Waals surface area (Å²) < 4.78 is 47.4. The van der Waals surface area contributed by atoms with E-state index < -0.39 is 121 Å². The number of carbonyl (C=O) groups excluding carboxylic acids is 2. The topological polar surface area (TPSA) is 267 Å². The van der Waals surface area contributed by atoms with Gasteiger partial charge in [-0.25, -0.2) is 0 Å². The fourth-order valence-corrected chi connectivity index (χ4v) is 15.2. The first kappa shape index (κ1) is 52.0. The van der Waals surface area contributed by atoms with E-state index in [2.05, 4.69) is 40.7 Å². The Hall–Kier alpha value is -2.33. The van der Waals surface area contributed by atoms with Crippen LogP contribution in [0.5, 0.6) is 0 Å². The van der Waals surface area contributed by atoms with E-state index in [1.54, 1.807) is 0 Å². The Morgan fingerprint density at radius 3 is 1.96 bits per heavy atom. The second-order valence-corrected chi connectivity index (χ2v) is 23.6. The first-order valence-electron chi connectivity index (χ1n) is 24.9. The average molecular weight is 967 g/mol. The number of carboxylic acids is 1. The summed E-state index contributed by atoms with van der Waals surface area (Å²) in [6.07, 6.45) is -9.55. The van der Waals surface area contributed by atoms with E-state index in [0.29, 0.717) is 19.3 Å². The maximum atomic E-state index is 13.2. The summed E-state index contributed by atoms with van der Waals surface area (Å²) in [6, 6.07) is 0. The Morgan fingerprint density at radius 2 is 1.31 bits per heavy atom. The van der Waals surface area contributed by atoms with Crippen LogP contribution in [-0.4, -0.2) is 159 Å². The number of esters is 2. The molecule has 0 bridgehead atoms. The predicted molar refractivity (Wildman–Crippen MR) is 238 cm³/mol. The second kappa shape index (κ2) is 18.6. The Balaban J connectivity index is 1.01. The van der Waals surface area contributed by atoms with Gasteiger partial charge in [0.05, 0.1) is 37.4 Å². The SMILES string of the molecule is CC(=O)OC1C(O)COC(OC2C(O)C(C)OC(OC3C(OC4CCC5(C)C(CCC6(C)C5CC=C5C7CC(C)(C)CCC7(C(=O)O)CCC56C)C4(C)CO)OCC(O)C3O)C2O)C1OC(C)=O. The molecule has 68 heavy (non-hydrogen) atoms. The van der Waals surface area contributed by atoms with E-state index >= 15 is 0 Å². The number of ether oxygens (including phenoxy) is 8. The van der Waals surface area contributed by atoms with Gasteiger partial charge in [-0.05, 0) is 111 Å². The van der Waals surface area contributed by atoms with Gasteiger partial charge < -0.3 is 73.6 Å². The lowest BCUT2D eigenvalue weighted by Gasteiger charge is -2.71. The Morgan fingerprint density at radius 1 is 0.691 bits per heavy atom. The molecule has 18 heteroatoms. The molecule has 4 saturated carbocycles. The number of hydrogen-bond donors (Lipinski definition) is 7. The molecule has 386 valence electrons. The summed E-state index contributed by atoms with van der Waals surface area (Å²) in [5.74, 6) is -2.00. The smallest absolute Gasteiger partial charge is 0.310 e. The van der Waals surface area contributed by atoms with Crippen LogP contribution in [0.3, 0.4) is 0 Å². The molecule has 22 atom stereocenters. The van der Waals surface area contributed by atoms with E-state index in [4.69, 9.17) is 37.9 Å². The summed E-state index contributed by atoms with van der Waals surface area (Å²) in [6.45, 7) is 16.6. The lowest BCUT2D eigenvalue weighted by atomic mass is 9.33. The highest BCUT2D eigenvalue weighted by Crippen LogP contribution is 2.76. The number of hydrogen-bond acceptors (Lipinski definition) is 17. The number of fused-ring (bicyclic) bond motifs is 7. The van der Waals surface area contributed by atoms with Crippen LogP contribution in [0, 0.1) is 50.2 Å². The van der Waals surface area contributed by atoms with Crippen LogP contribution in [-0.2, 0) is 52.3 Å². The fourth-order valence-electron chi connectivity index (χ4n) is 15.2. The Kier molecular flexibility index (Phi) is 14.2. The zero-order valence-corrected chi connectivity index (χ0v) is 41.2. The lowest BCUT2D eigenvalue weighted by Crippen LogP contribution is -2.67. The summed E-state index contributed by atoms with van der Waals surface area (Å²) in [5, 5.41) is 78.3. The molecule has 0 amide bonds. The van der Waals surface area contributed by atoms with Crippen molar-refractivity contribution in [2.45, 2.75) is 213 Å². The molecule has 7 fully saturated rings. The van der Waals surface area contributed by atoms with Gasteiger partial charge in [0, 0.05) is 19.3 Å². The molecule has 3 aliphatic heterocycles. The van der Waals surface area contributed by atoms with Crippen LogP contribution >= 0.6 is 0 Å². The van der Waals surface area contributed by atoms with Crippen molar-refractivity contribution in [3.63, 3.8) is 0 Å². The van der Waals surface area contributed by atoms with Gasteiger partial charge in [-0.2, -0.15) is 0 Å². The first-order valence-corrected chi connectivity index (χ1v) is 24.9. The van der Waals surface area contributed by atoms with Gasteiger partial charge in [0.2, 0.25) is 0 Å². The Bertz CT molecular complexity index is 1930. The van der Waals surface area contributed by atoms with Gasteiger partial charge in [0.15, 0.2) is 31.1 Å². The number of aliphatic hydroxyl groups excluding tert-OH is 6. The third kappa shape index (κ3) is 8.49. The van der Waals surface area contributed by atoms with Gasteiger partial charge in [-0.3, -0.25) is 14.4 Å². The van der Waals surface area contributed by atoms with E-state index in [9.17, 15) is 50.1 Å². The van der Waals surface area contributed by atoms with Crippen molar-refractivity contribution in [2.24, 2.45) is 50.2 Å². The van der Waals surface area contributed by atoms with E-state index in [0.717, 1.165) is 58.8 Å². The molecule has 0 aromatic rings. The molecule has 8 aliphatic rings. The number of aliphatic hydroxyl groups is 6. The standard InChI is InChI=1S/C50H78O18/c1-24-34(56)38(67-43-40(65-26(3)53)37(64-25(2)52)30(55)22-62-43)36(58)41(63-24)68-39-35(57)29(54)21-61-42(39)66-33-13-14-46(6)31(47(33,7)23-51)12-15-49(9)32(46)11-10-27-28-20-45(4,5)16-18-50(28,44(59)60)19-17-48(27,49)8/h10,24,28-43,51,54-58H,11-23H2,1-9H3,(H,59,60). The number of aliphatic carboxylic acids is 1. The van der Waals surface area contributed by atoms with Gasteiger partial charge in [0.25, 0.3) is 0 Å². The summed E-state index contributed by atoms with van der Waals surface area (Å²) in [5.41, 5.74) is -0.653. The number of rotatable bonds is 10. The van der Waals surface area contributed by atoms with Crippen LogP contribution < -0.4 is 0 Å². The molecule has 18 nitrogen and oxygen atoms in total. The molecule has 7 N–H and O–H groups in total. The average Bonchev–Trinajstić information content (AvgIpc) is 3.26. The summed E-state index contributed by atoms with van der Waals surface area (Å²) in [4.78, 5) is 37.2. The van der Waals surface area contributed by atoms with Crippen molar-refractivity contribution in [3.8, 4) is 0 Å². The van der Waals surface area contributed by atoms with Gasteiger partial charge in [-0.1, -0.05) is 53.2 Å². The minimum Gasteiger partial charge on any atom is -0.481 e. The Labute approximate surface area is 399 Å². The van der Waals surface area contributed by atoms with Crippen molar-refractivity contribution in [2.75, 3.05) is 19.8 Å². The molecule has 8 rings (SSSR count). The van der Waals surface area contributed by atoms with Gasteiger partial charge >= 0.3 is 17.9 Å². The van der Waals surface area contributed by atoms with Crippen molar-refractivity contribution in [3.05, 3.63) is 11.6 Å². The monoisotopic (exact) mass is 967 g/mol. The van der Waals surface area contributed by atoms with E-state index in [1.807, 2.05) is 6.92 Å². The maximum Gasteiger partial charge on any atom is 0.310 e. The molecule has 3 heterocycles. The fraction of sp³-hybridized carbons (Fsp3) is 0.900. The highest BCUT2D eigenvalue weighted by atomic mass is 16.8. The molecular formula is C50H78O18. The van der Waals surface area contributed by atoms with E-state index in [1.165, 1.54) is 12.5 Å². The van der Waals surface area contributed by atoms with Crippen molar-refractivity contribution in [1.29, 1.82) is 0 Å². The van der Waals surface area contributed by atoms with Crippen LogP contribution in [0.2, 0.25) is 0 Å². The lowest BCUT2D eigenvalue weighted by molar-refractivity contribution is -0.379. The molecule has 0 aromatic heterocycles. The third-order valence-corrected chi connectivity index (χ3v) is 19.2. The van der Waals surface area contributed by atoms with Crippen LogP contribution in [0.4, 0.5) is 0 Å². The summed E-state index contributed by atoms with van der Waals surface area (Å²) >= 11 is 0. The van der Waals surface area contributed by atoms with Crippen molar-refractivity contribution >= 4 is 17.9 Å². The maximum absolute atomic E-state index is 13.2. The second-order valence-electron chi connectivity index (χ2n) is 23.6. The van der Waals surface area contributed by atoms with Crippen LogP contribution in [0.25, 0.3) is 0 Å². The zero-order valence-electron chi connectivity index (χ0n) is 41.2. The largest absolute Gasteiger partial charge is 0.481 e. The van der Waals surface area contributed by atoms with Crippen LogP contribution in [0.1, 0.15) is 127 Å². The molecule has 5 aliphatic carbocycles. The molecule has 3 saturated heterocycles. The minimum absolute atomic E-state index is 0.00674. The predicted octanol–water partition coefficient (Wildman–Crippen LogP) is 3.13.